The summed E-state index contributed by atoms with van der Waals surface area (Å²) in [6.45, 7) is 1.43. The molecule has 5 nitrogen and oxygen atoms in total. The fourth-order valence-electron chi connectivity index (χ4n) is 1.85. The second-order valence-electron chi connectivity index (χ2n) is 4.21. The predicted molar refractivity (Wildman–Crippen MR) is 70.8 cm³/mol. The number of pyridine rings is 1. The average molecular weight is 276 g/mol. The van der Waals surface area contributed by atoms with Crippen LogP contribution >= 0.6 is 0 Å². The zero-order chi connectivity index (χ0) is 14.7. The minimum atomic E-state index is -0.556. The maximum atomic E-state index is 13.7. The van der Waals surface area contributed by atoms with Crippen LogP contribution in [0.15, 0.2) is 24.3 Å². The van der Waals surface area contributed by atoms with Gasteiger partial charge in [0, 0.05) is 11.1 Å². The highest BCUT2D eigenvalue weighted by Gasteiger charge is 2.14. The Hall–Kier alpha value is -2.50. The average Bonchev–Trinajstić information content (AvgIpc) is 2.44. The summed E-state index contributed by atoms with van der Waals surface area (Å²) in [4.78, 5) is 27.2. The Morgan fingerprint density at radius 2 is 2.15 bits per heavy atom. The van der Waals surface area contributed by atoms with Crippen molar-refractivity contribution in [3.8, 4) is 0 Å². The predicted octanol–water partition coefficient (Wildman–Crippen LogP) is 1.59. The van der Waals surface area contributed by atoms with Gasteiger partial charge in [-0.3, -0.25) is 9.59 Å². The van der Waals surface area contributed by atoms with Crippen molar-refractivity contribution in [2.45, 2.75) is 6.92 Å². The summed E-state index contributed by atoms with van der Waals surface area (Å²) in [5.41, 5.74) is 0.928. The number of amides is 1. The molecule has 1 aromatic heterocycles. The smallest absolute Gasteiger partial charge is 0.325 e. The topological polar surface area (TPSA) is 68.3 Å². The summed E-state index contributed by atoms with van der Waals surface area (Å²) >= 11 is 0. The molecule has 1 aromatic carbocycles. The van der Waals surface area contributed by atoms with Gasteiger partial charge in [-0.15, -0.1) is 0 Å². The van der Waals surface area contributed by atoms with Gasteiger partial charge in [0.2, 0.25) is 0 Å². The summed E-state index contributed by atoms with van der Waals surface area (Å²) in [7, 11) is 1.23. The third kappa shape index (κ3) is 2.74. The number of carbonyl (C=O) groups is 2. The van der Waals surface area contributed by atoms with E-state index in [1.54, 1.807) is 19.1 Å². The van der Waals surface area contributed by atoms with Crippen molar-refractivity contribution in [1.82, 2.24) is 10.3 Å². The number of para-hydroxylation sites is 1. The van der Waals surface area contributed by atoms with Crippen LogP contribution in [0.5, 0.6) is 0 Å². The highest BCUT2D eigenvalue weighted by molar-refractivity contribution is 6.07. The number of ether oxygens (including phenoxy) is 1. The Kier molecular flexibility index (Phi) is 3.93. The normalized spacial score (nSPS) is 10.3. The van der Waals surface area contributed by atoms with E-state index >= 15 is 0 Å². The molecule has 0 atom stereocenters. The number of hydrogen-bond acceptors (Lipinski definition) is 4. The van der Waals surface area contributed by atoms with Gasteiger partial charge in [0.05, 0.1) is 12.7 Å². The first-order chi connectivity index (χ1) is 9.52. The van der Waals surface area contributed by atoms with Crippen LogP contribution in [0, 0.1) is 12.7 Å². The first-order valence-electron chi connectivity index (χ1n) is 5.94. The molecule has 0 spiro atoms. The van der Waals surface area contributed by atoms with Crippen molar-refractivity contribution in [2.75, 3.05) is 13.7 Å². The lowest BCUT2D eigenvalue weighted by Gasteiger charge is -2.08. The first kappa shape index (κ1) is 13.9. The van der Waals surface area contributed by atoms with Gasteiger partial charge in [-0.05, 0) is 19.1 Å². The molecule has 0 fully saturated rings. The molecule has 2 rings (SSSR count). The van der Waals surface area contributed by atoms with Gasteiger partial charge < -0.3 is 10.1 Å². The molecule has 0 unspecified atom stereocenters. The van der Waals surface area contributed by atoms with E-state index in [0.29, 0.717) is 11.1 Å². The zero-order valence-electron chi connectivity index (χ0n) is 11.1. The van der Waals surface area contributed by atoms with E-state index in [4.69, 9.17) is 0 Å². The van der Waals surface area contributed by atoms with Crippen LogP contribution < -0.4 is 5.32 Å². The number of fused-ring (bicyclic) bond motifs is 1. The molecular formula is C14H13FN2O3. The molecule has 0 saturated heterocycles. The largest absolute Gasteiger partial charge is 0.468 e. The van der Waals surface area contributed by atoms with Crippen molar-refractivity contribution in [3.05, 3.63) is 41.3 Å². The van der Waals surface area contributed by atoms with E-state index < -0.39 is 17.7 Å². The Bertz CT molecular complexity index is 685. The van der Waals surface area contributed by atoms with Crippen LogP contribution in [0.1, 0.15) is 16.1 Å². The fourth-order valence-corrected chi connectivity index (χ4v) is 1.85. The number of esters is 1. The number of carbonyl (C=O) groups excluding carboxylic acids is 2. The van der Waals surface area contributed by atoms with Gasteiger partial charge >= 0.3 is 5.97 Å². The van der Waals surface area contributed by atoms with Crippen molar-refractivity contribution in [1.29, 1.82) is 0 Å². The van der Waals surface area contributed by atoms with E-state index in [1.807, 2.05) is 0 Å². The molecule has 6 heteroatoms. The van der Waals surface area contributed by atoms with Gasteiger partial charge in [0.15, 0.2) is 0 Å². The lowest BCUT2D eigenvalue weighted by molar-refractivity contribution is -0.139. The Morgan fingerprint density at radius 1 is 1.40 bits per heavy atom. The summed E-state index contributed by atoms with van der Waals surface area (Å²) in [6, 6.07) is 5.95. The maximum Gasteiger partial charge on any atom is 0.325 e. The highest BCUT2D eigenvalue weighted by Crippen LogP contribution is 2.20. The molecular weight excluding hydrogens is 263 g/mol. The van der Waals surface area contributed by atoms with Crippen LogP contribution in [0.2, 0.25) is 0 Å². The number of aromatic nitrogens is 1. The number of rotatable bonds is 3. The first-order valence-corrected chi connectivity index (χ1v) is 5.94. The van der Waals surface area contributed by atoms with E-state index in [-0.39, 0.29) is 17.6 Å². The third-order valence-electron chi connectivity index (χ3n) is 2.78. The summed E-state index contributed by atoms with van der Waals surface area (Å²) in [5, 5.41) is 2.83. The van der Waals surface area contributed by atoms with Crippen LogP contribution in [0.25, 0.3) is 10.9 Å². The lowest BCUT2D eigenvalue weighted by Crippen LogP contribution is -2.30. The monoisotopic (exact) mass is 276 g/mol. The Balaban J connectivity index is 2.41. The number of halogens is 1. The van der Waals surface area contributed by atoms with E-state index in [2.05, 4.69) is 15.0 Å². The van der Waals surface area contributed by atoms with Gasteiger partial charge in [-0.2, -0.15) is 0 Å². The van der Waals surface area contributed by atoms with Gasteiger partial charge in [-0.1, -0.05) is 12.1 Å². The van der Waals surface area contributed by atoms with E-state index in [9.17, 15) is 14.0 Å². The molecule has 104 valence electrons. The quantitative estimate of drug-likeness (QED) is 0.864. The van der Waals surface area contributed by atoms with E-state index in [0.717, 1.165) is 0 Å². The summed E-state index contributed by atoms with van der Waals surface area (Å²) < 4.78 is 18.2. The van der Waals surface area contributed by atoms with Crippen molar-refractivity contribution < 1.29 is 18.7 Å². The van der Waals surface area contributed by atoms with Crippen molar-refractivity contribution in [3.63, 3.8) is 0 Å². The Labute approximate surface area is 114 Å². The number of benzene rings is 1. The number of methoxy groups -OCH3 is 1. The highest BCUT2D eigenvalue weighted by atomic mass is 19.1. The second-order valence-corrected chi connectivity index (χ2v) is 4.21. The van der Waals surface area contributed by atoms with Gasteiger partial charge in [0.1, 0.15) is 17.9 Å². The molecule has 0 bridgehead atoms. The molecule has 0 aliphatic rings. The van der Waals surface area contributed by atoms with E-state index in [1.165, 1.54) is 19.2 Å². The van der Waals surface area contributed by atoms with Gasteiger partial charge in [-0.25, -0.2) is 9.37 Å². The van der Waals surface area contributed by atoms with Crippen LogP contribution in [0.3, 0.4) is 0 Å². The number of nitrogens with zero attached hydrogens (tertiary/aromatic N) is 1. The lowest BCUT2D eigenvalue weighted by atomic mass is 10.1. The van der Waals surface area contributed by atoms with Crippen LogP contribution in [-0.2, 0) is 9.53 Å². The van der Waals surface area contributed by atoms with Gasteiger partial charge in [0.25, 0.3) is 5.91 Å². The standard InChI is InChI=1S/C14H13FN2O3/c1-8-6-10(14(19)16-7-12(18)20-2)9-4-3-5-11(15)13(9)17-8/h3-6H,7H2,1-2H3,(H,16,19). The summed E-state index contributed by atoms with van der Waals surface area (Å²) in [6.07, 6.45) is 0. The van der Waals surface area contributed by atoms with Crippen LogP contribution in [0.4, 0.5) is 4.39 Å². The minimum Gasteiger partial charge on any atom is -0.468 e. The molecule has 20 heavy (non-hydrogen) atoms. The Morgan fingerprint density at radius 3 is 2.85 bits per heavy atom. The molecule has 0 radical (unpaired) electrons. The van der Waals surface area contributed by atoms with Crippen molar-refractivity contribution in [2.24, 2.45) is 0 Å². The zero-order valence-corrected chi connectivity index (χ0v) is 11.1. The SMILES string of the molecule is COC(=O)CNC(=O)c1cc(C)nc2c(F)cccc12. The second kappa shape index (κ2) is 5.64. The molecule has 1 N–H and O–H groups in total. The van der Waals surface area contributed by atoms with Crippen molar-refractivity contribution >= 4 is 22.8 Å². The third-order valence-corrected chi connectivity index (χ3v) is 2.78. The number of aryl methyl sites for hydroxylation is 1. The molecule has 0 aliphatic carbocycles. The fraction of sp³-hybridized carbons (Fsp3) is 0.214. The molecule has 2 aromatic rings. The van der Waals surface area contributed by atoms with Crippen LogP contribution in [-0.4, -0.2) is 30.5 Å². The molecule has 0 saturated carbocycles. The molecule has 1 amide bonds. The summed E-state index contributed by atoms with van der Waals surface area (Å²) in [5.74, 6) is -1.52. The molecule has 1 heterocycles. The molecule has 0 aliphatic heterocycles. The number of hydrogen-bond donors (Lipinski definition) is 1. The number of nitrogens with one attached hydrogen (secondary N) is 1. The maximum absolute atomic E-state index is 13.7. The minimum absolute atomic E-state index is 0.135.